The van der Waals surface area contributed by atoms with Crippen molar-refractivity contribution in [3.8, 4) is 18.2 Å². The van der Waals surface area contributed by atoms with Crippen LogP contribution in [0.3, 0.4) is 0 Å². The molecule has 0 aliphatic carbocycles. The fourth-order valence-corrected chi connectivity index (χ4v) is 1.13. The predicted octanol–water partition coefficient (Wildman–Crippen LogP) is 0.942. The third-order valence-corrected chi connectivity index (χ3v) is 1.86. The number of aromatic nitrogens is 2. The molecule has 1 aromatic heterocycles. The van der Waals surface area contributed by atoms with Crippen molar-refractivity contribution in [3.05, 3.63) is 11.3 Å². The molecule has 0 aliphatic heterocycles. The monoisotopic (exact) mass is 192 g/mol. The summed E-state index contributed by atoms with van der Waals surface area (Å²) in [6.07, 6.45) is 5.53. The van der Waals surface area contributed by atoms with E-state index in [1.54, 1.807) is 20.9 Å². The minimum atomic E-state index is -0.372. The van der Waals surface area contributed by atoms with Gasteiger partial charge >= 0.3 is 0 Å². The van der Waals surface area contributed by atoms with Crippen LogP contribution in [0, 0.1) is 19.3 Å². The van der Waals surface area contributed by atoms with E-state index in [1.165, 1.54) is 4.68 Å². The summed E-state index contributed by atoms with van der Waals surface area (Å²) in [5.41, 5.74) is 1.09. The molecule has 1 heterocycles. The molecular weight excluding hydrogens is 180 g/mol. The fraction of sp³-hybridized carbons (Fsp3) is 0.400. The highest BCUT2D eigenvalue weighted by Crippen LogP contribution is 2.19. The summed E-state index contributed by atoms with van der Waals surface area (Å²) in [6, 6.07) is 0. The summed E-state index contributed by atoms with van der Waals surface area (Å²) < 4.78 is 6.88. The van der Waals surface area contributed by atoms with Crippen LogP contribution in [0.1, 0.15) is 23.0 Å². The van der Waals surface area contributed by atoms with E-state index in [1.807, 2.05) is 0 Å². The van der Waals surface area contributed by atoms with Crippen LogP contribution in [0.25, 0.3) is 0 Å². The highest BCUT2D eigenvalue weighted by molar-refractivity contribution is 5.80. The number of aldehydes is 1. The lowest BCUT2D eigenvalue weighted by Crippen LogP contribution is -2.12. The number of hydrogen-bond acceptors (Lipinski definition) is 3. The molecule has 0 saturated carbocycles. The fourth-order valence-electron chi connectivity index (χ4n) is 1.13. The molecule has 0 N–H and O–H groups in total. The first-order chi connectivity index (χ1) is 6.60. The molecule has 0 bridgehead atoms. The lowest BCUT2D eigenvalue weighted by atomic mass is 10.3. The molecule has 0 saturated heterocycles. The molecule has 1 atom stereocenters. The largest absolute Gasteiger partial charge is 0.461 e. The Hall–Kier alpha value is -1.76. The van der Waals surface area contributed by atoms with E-state index in [2.05, 4.69) is 11.0 Å². The number of carbonyl (C=O) groups excluding carboxylic acids is 1. The Labute approximate surface area is 82.9 Å². The van der Waals surface area contributed by atoms with Crippen LogP contribution in [-0.2, 0) is 7.05 Å². The summed E-state index contributed by atoms with van der Waals surface area (Å²) in [4.78, 5) is 10.7. The molecule has 74 valence electrons. The summed E-state index contributed by atoms with van der Waals surface area (Å²) in [6.45, 7) is 3.48. The Morgan fingerprint density at radius 3 is 2.86 bits per heavy atom. The first-order valence-corrected chi connectivity index (χ1v) is 4.21. The van der Waals surface area contributed by atoms with Gasteiger partial charge in [0.1, 0.15) is 0 Å². The zero-order valence-corrected chi connectivity index (χ0v) is 8.44. The van der Waals surface area contributed by atoms with Gasteiger partial charge in [0.15, 0.2) is 12.4 Å². The normalized spacial score (nSPS) is 11.9. The number of carbonyl (C=O) groups is 1. The Kier molecular flexibility index (Phi) is 2.92. The molecule has 4 heteroatoms. The van der Waals surface area contributed by atoms with Crippen LogP contribution in [0.15, 0.2) is 0 Å². The van der Waals surface area contributed by atoms with E-state index >= 15 is 0 Å². The van der Waals surface area contributed by atoms with E-state index in [0.29, 0.717) is 17.1 Å². The van der Waals surface area contributed by atoms with Crippen LogP contribution >= 0.6 is 0 Å². The topological polar surface area (TPSA) is 44.1 Å². The molecule has 14 heavy (non-hydrogen) atoms. The molecule has 1 unspecified atom stereocenters. The second-order valence-corrected chi connectivity index (χ2v) is 2.97. The maximum absolute atomic E-state index is 10.7. The van der Waals surface area contributed by atoms with Gasteiger partial charge in [0.2, 0.25) is 5.88 Å². The average Bonchev–Trinajstić information content (AvgIpc) is 2.41. The maximum Gasteiger partial charge on any atom is 0.223 e. The molecule has 0 amide bonds. The first-order valence-electron chi connectivity index (χ1n) is 4.21. The quantitative estimate of drug-likeness (QED) is 0.529. The SMILES string of the molecule is C#CC(C)Oc1c(C=O)c(C)nn1C. The molecule has 0 aromatic carbocycles. The van der Waals surface area contributed by atoms with Gasteiger partial charge in [-0.05, 0) is 13.8 Å². The van der Waals surface area contributed by atoms with Crippen molar-refractivity contribution < 1.29 is 9.53 Å². The van der Waals surface area contributed by atoms with Gasteiger partial charge in [0, 0.05) is 7.05 Å². The van der Waals surface area contributed by atoms with Crippen molar-refractivity contribution in [2.75, 3.05) is 0 Å². The van der Waals surface area contributed by atoms with Gasteiger partial charge in [-0.3, -0.25) is 4.79 Å². The van der Waals surface area contributed by atoms with Crippen molar-refractivity contribution >= 4 is 6.29 Å². The first kappa shape index (κ1) is 10.3. The minimum Gasteiger partial charge on any atom is -0.461 e. The van der Waals surface area contributed by atoms with E-state index in [4.69, 9.17) is 11.2 Å². The van der Waals surface area contributed by atoms with Gasteiger partial charge in [-0.15, -0.1) is 6.42 Å². The van der Waals surface area contributed by atoms with E-state index in [0.717, 1.165) is 6.29 Å². The molecular formula is C10H12N2O2. The zero-order chi connectivity index (χ0) is 10.7. The molecule has 1 aromatic rings. The van der Waals surface area contributed by atoms with E-state index < -0.39 is 0 Å². The molecule has 1 rings (SSSR count). The molecule has 0 radical (unpaired) electrons. The number of nitrogens with zero attached hydrogens (tertiary/aromatic N) is 2. The second kappa shape index (κ2) is 3.97. The van der Waals surface area contributed by atoms with Gasteiger partial charge in [-0.25, -0.2) is 4.68 Å². The highest BCUT2D eigenvalue weighted by Gasteiger charge is 2.15. The van der Waals surface area contributed by atoms with Crippen LogP contribution in [0.5, 0.6) is 5.88 Å². The third-order valence-electron chi connectivity index (χ3n) is 1.86. The maximum atomic E-state index is 10.7. The number of aryl methyl sites for hydroxylation is 2. The summed E-state index contributed by atoms with van der Waals surface area (Å²) in [5.74, 6) is 2.84. The highest BCUT2D eigenvalue weighted by atomic mass is 16.5. The number of rotatable bonds is 3. The van der Waals surface area contributed by atoms with Gasteiger partial charge in [0.05, 0.1) is 11.3 Å². The predicted molar refractivity (Wildman–Crippen MR) is 52.3 cm³/mol. The summed E-state index contributed by atoms with van der Waals surface area (Å²) in [5, 5.41) is 4.06. The number of terminal acetylenes is 1. The van der Waals surface area contributed by atoms with E-state index in [-0.39, 0.29) is 6.10 Å². The zero-order valence-electron chi connectivity index (χ0n) is 8.44. The smallest absolute Gasteiger partial charge is 0.223 e. The summed E-state index contributed by atoms with van der Waals surface area (Å²) >= 11 is 0. The third kappa shape index (κ3) is 1.77. The lowest BCUT2D eigenvalue weighted by Gasteiger charge is -2.08. The van der Waals surface area contributed by atoms with Crippen LogP contribution in [0.2, 0.25) is 0 Å². The molecule has 0 fully saturated rings. The number of ether oxygens (including phenoxy) is 1. The second-order valence-electron chi connectivity index (χ2n) is 2.97. The standard InChI is InChI=1S/C10H12N2O2/c1-5-7(2)14-10-9(6-13)8(3)11-12(10)4/h1,6-7H,2-4H3. The van der Waals surface area contributed by atoms with Crippen molar-refractivity contribution in [1.29, 1.82) is 0 Å². The van der Waals surface area contributed by atoms with Gasteiger partial charge in [-0.1, -0.05) is 5.92 Å². The van der Waals surface area contributed by atoms with Crippen molar-refractivity contribution in [2.45, 2.75) is 20.0 Å². The van der Waals surface area contributed by atoms with Gasteiger partial charge in [0.25, 0.3) is 0 Å². The summed E-state index contributed by atoms with van der Waals surface area (Å²) in [7, 11) is 1.71. The molecule has 4 nitrogen and oxygen atoms in total. The Morgan fingerprint density at radius 1 is 1.71 bits per heavy atom. The van der Waals surface area contributed by atoms with Crippen molar-refractivity contribution in [2.24, 2.45) is 7.05 Å². The molecule has 0 spiro atoms. The Morgan fingerprint density at radius 2 is 2.36 bits per heavy atom. The lowest BCUT2D eigenvalue weighted by molar-refractivity contribution is 0.111. The Balaban J connectivity index is 3.07. The van der Waals surface area contributed by atoms with Gasteiger partial charge < -0.3 is 4.74 Å². The number of hydrogen-bond donors (Lipinski definition) is 0. The average molecular weight is 192 g/mol. The van der Waals surface area contributed by atoms with Crippen molar-refractivity contribution in [1.82, 2.24) is 9.78 Å². The van der Waals surface area contributed by atoms with Gasteiger partial charge in [-0.2, -0.15) is 5.10 Å². The van der Waals surface area contributed by atoms with Crippen LogP contribution < -0.4 is 4.74 Å². The van der Waals surface area contributed by atoms with Crippen LogP contribution in [0.4, 0.5) is 0 Å². The van der Waals surface area contributed by atoms with Crippen molar-refractivity contribution in [3.63, 3.8) is 0 Å². The van der Waals surface area contributed by atoms with E-state index in [9.17, 15) is 4.79 Å². The molecule has 0 aliphatic rings. The van der Waals surface area contributed by atoms with Crippen LogP contribution in [-0.4, -0.2) is 22.2 Å². The minimum absolute atomic E-state index is 0.372. The Bertz CT molecular complexity index is 388.